The summed E-state index contributed by atoms with van der Waals surface area (Å²) in [4.78, 5) is 10.6. The molecule has 1 N–H and O–H groups in total. The van der Waals surface area contributed by atoms with Gasteiger partial charge in [0, 0.05) is 37.0 Å². The summed E-state index contributed by atoms with van der Waals surface area (Å²) in [5, 5.41) is 18.2. The molecule has 0 fully saturated rings. The summed E-state index contributed by atoms with van der Waals surface area (Å²) in [6, 6.07) is 4.61. The molecule has 7 nitrogen and oxygen atoms in total. The van der Waals surface area contributed by atoms with Gasteiger partial charge >= 0.3 is 0 Å². The molecule has 2 rings (SSSR count). The largest absolute Gasteiger partial charge is 0.497 e. The van der Waals surface area contributed by atoms with E-state index in [1.54, 1.807) is 23.0 Å². The van der Waals surface area contributed by atoms with Crippen molar-refractivity contribution in [2.75, 3.05) is 12.4 Å². The number of benzene rings is 1. The lowest BCUT2D eigenvalue weighted by Crippen LogP contribution is -2.04. The fraction of sp³-hybridized carbons (Fsp3) is 0.308. The highest BCUT2D eigenvalue weighted by atomic mass is 16.6. The molecule has 0 saturated heterocycles. The highest BCUT2D eigenvalue weighted by Gasteiger charge is 2.15. The number of hydrogen-bond acceptors (Lipinski definition) is 5. The van der Waals surface area contributed by atoms with Crippen molar-refractivity contribution in [2.24, 2.45) is 7.05 Å². The highest BCUT2D eigenvalue weighted by Crippen LogP contribution is 2.29. The third kappa shape index (κ3) is 2.71. The van der Waals surface area contributed by atoms with E-state index in [2.05, 4.69) is 10.4 Å². The molecule has 1 heterocycles. The van der Waals surface area contributed by atoms with Gasteiger partial charge in [0.2, 0.25) is 0 Å². The minimum atomic E-state index is -0.419. The number of aryl methyl sites for hydroxylation is 1. The number of methoxy groups -OCH3 is 1. The summed E-state index contributed by atoms with van der Waals surface area (Å²) in [5.74, 6) is 0.570. The van der Waals surface area contributed by atoms with Crippen LogP contribution in [0, 0.1) is 17.0 Å². The van der Waals surface area contributed by atoms with E-state index in [4.69, 9.17) is 4.74 Å². The molecule has 20 heavy (non-hydrogen) atoms. The number of hydrogen-bond donors (Lipinski definition) is 1. The van der Waals surface area contributed by atoms with Gasteiger partial charge in [-0.25, -0.2) is 0 Å². The molecule has 0 bridgehead atoms. The van der Waals surface area contributed by atoms with Gasteiger partial charge in [-0.1, -0.05) is 0 Å². The van der Waals surface area contributed by atoms with Gasteiger partial charge in [-0.2, -0.15) is 5.10 Å². The van der Waals surface area contributed by atoms with Crippen LogP contribution in [0.25, 0.3) is 0 Å². The lowest BCUT2D eigenvalue weighted by Gasteiger charge is -2.08. The van der Waals surface area contributed by atoms with E-state index in [9.17, 15) is 10.1 Å². The molecule has 2 aromatic rings. The van der Waals surface area contributed by atoms with E-state index < -0.39 is 4.92 Å². The Balaban J connectivity index is 2.23. The van der Waals surface area contributed by atoms with Crippen LogP contribution in [0.15, 0.2) is 24.4 Å². The van der Waals surface area contributed by atoms with Gasteiger partial charge in [0.25, 0.3) is 5.69 Å². The van der Waals surface area contributed by atoms with E-state index in [0.29, 0.717) is 18.0 Å². The lowest BCUT2D eigenvalue weighted by atomic mass is 10.2. The summed E-state index contributed by atoms with van der Waals surface area (Å²) < 4.78 is 6.85. The molecule has 0 amide bonds. The molecule has 0 aliphatic carbocycles. The first-order valence-corrected chi connectivity index (χ1v) is 6.06. The van der Waals surface area contributed by atoms with Gasteiger partial charge in [0.05, 0.1) is 18.2 Å². The number of nitro benzene ring substituents is 1. The van der Waals surface area contributed by atoms with E-state index in [1.165, 1.54) is 13.2 Å². The first kappa shape index (κ1) is 13.9. The van der Waals surface area contributed by atoms with Gasteiger partial charge in [-0.05, 0) is 13.0 Å². The van der Waals surface area contributed by atoms with Crippen molar-refractivity contribution < 1.29 is 9.66 Å². The fourth-order valence-corrected chi connectivity index (χ4v) is 1.85. The molecule has 0 saturated carbocycles. The Morgan fingerprint density at radius 3 is 2.80 bits per heavy atom. The monoisotopic (exact) mass is 276 g/mol. The predicted molar refractivity (Wildman–Crippen MR) is 74.9 cm³/mol. The zero-order valence-electron chi connectivity index (χ0n) is 11.6. The number of ether oxygens (including phenoxy) is 1. The Hall–Kier alpha value is -2.57. The number of aromatic nitrogens is 2. The van der Waals surface area contributed by atoms with Crippen molar-refractivity contribution in [3.05, 3.63) is 45.8 Å². The maximum absolute atomic E-state index is 11.0. The highest BCUT2D eigenvalue weighted by molar-refractivity contribution is 5.64. The zero-order chi connectivity index (χ0) is 14.7. The Morgan fingerprint density at radius 2 is 2.25 bits per heavy atom. The molecule has 0 aliphatic rings. The van der Waals surface area contributed by atoms with E-state index >= 15 is 0 Å². The number of nitrogens with zero attached hydrogens (tertiary/aromatic N) is 3. The van der Waals surface area contributed by atoms with Crippen LogP contribution in [0.2, 0.25) is 0 Å². The van der Waals surface area contributed by atoms with Gasteiger partial charge in [0.15, 0.2) is 0 Å². The topological polar surface area (TPSA) is 82.2 Å². The van der Waals surface area contributed by atoms with Crippen molar-refractivity contribution in [1.29, 1.82) is 0 Å². The number of rotatable bonds is 5. The van der Waals surface area contributed by atoms with E-state index in [1.807, 2.05) is 14.0 Å². The van der Waals surface area contributed by atoms with Crippen LogP contribution >= 0.6 is 0 Å². The second kappa shape index (κ2) is 5.60. The average molecular weight is 276 g/mol. The second-order valence-electron chi connectivity index (χ2n) is 4.37. The molecule has 1 aromatic carbocycles. The maximum atomic E-state index is 11.0. The van der Waals surface area contributed by atoms with Crippen LogP contribution in [0.3, 0.4) is 0 Å². The normalized spacial score (nSPS) is 10.3. The van der Waals surface area contributed by atoms with Crippen LogP contribution in [0.4, 0.5) is 11.4 Å². The van der Waals surface area contributed by atoms with Crippen LogP contribution in [0.1, 0.15) is 11.3 Å². The van der Waals surface area contributed by atoms with Crippen LogP contribution < -0.4 is 10.1 Å². The molecule has 106 valence electrons. The summed E-state index contributed by atoms with van der Waals surface area (Å²) in [6.45, 7) is 2.41. The molecule has 0 unspecified atom stereocenters. The molecule has 1 aromatic heterocycles. The van der Waals surface area contributed by atoms with Crippen molar-refractivity contribution in [2.45, 2.75) is 13.5 Å². The van der Waals surface area contributed by atoms with Gasteiger partial charge in [0.1, 0.15) is 11.4 Å². The Kier molecular flexibility index (Phi) is 3.88. The summed E-state index contributed by atoms with van der Waals surface area (Å²) >= 11 is 0. The molecular weight excluding hydrogens is 260 g/mol. The van der Waals surface area contributed by atoms with Gasteiger partial charge in [-0.15, -0.1) is 0 Å². The average Bonchev–Trinajstić information content (AvgIpc) is 2.76. The minimum absolute atomic E-state index is 0.0207. The van der Waals surface area contributed by atoms with Crippen LogP contribution in [0.5, 0.6) is 5.75 Å². The first-order valence-electron chi connectivity index (χ1n) is 6.06. The summed E-state index contributed by atoms with van der Waals surface area (Å²) in [6.07, 6.45) is 1.74. The minimum Gasteiger partial charge on any atom is -0.497 e. The van der Waals surface area contributed by atoms with E-state index in [-0.39, 0.29) is 5.69 Å². The Labute approximate surface area is 116 Å². The van der Waals surface area contributed by atoms with Crippen molar-refractivity contribution in [3.8, 4) is 5.75 Å². The molecule has 0 aliphatic heterocycles. The van der Waals surface area contributed by atoms with Crippen LogP contribution in [-0.4, -0.2) is 21.8 Å². The standard InChI is InChI=1S/C13H16N4O3/c1-9-10(8-15-16(9)2)7-14-12-6-11(20-3)4-5-13(12)17(18)19/h4-6,8,14H,7H2,1-3H3. The quantitative estimate of drug-likeness (QED) is 0.669. The number of nitrogens with one attached hydrogen (secondary N) is 1. The summed E-state index contributed by atoms with van der Waals surface area (Å²) in [5.41, 5.74) is 2.46. The molecule has 0 spiro atoms. The molecule has 0 radical (unpaired) electrons. The van der Waals surface area contributed by atoms with Crippen molar-refractivity contribution >= 4 is 11.4 Å². The molecule has 7 heteroatoms. The van der Waals surface area contributed by atoms with Gasteiger partial charge < -0.3 is 10.1 Å². The Bertz CT molecular complexity index is 637. The first-order chi connectivity index (χ1) is 9.52. The molecular formula is C13H16N4O3. The zero-order valence-corrected chi connectivity index (χ0v) is 11.6. The number of anilines is 1. The lowest BCUT2D eigenvalue weighted by molar-refractivity contribution is -0.384. The van der Waals surface area contributed by atoms with E-state index in [0.717, 1.165) is 11.3 Å². The third-order valence-corrected chi connectivity index (χ3v) is 3.21. The van der Waals surface area contributed by atoms with Crippen molar-refractivity contribution in [1.82, 2.24) is 9.78 Å². The van der Waals surface area contributed by atoms with Crippen molar-refractivity contribution in [3.63, 3.8) is 0 Å². The third-order valence-electron chi connectivity index (χ3n) is 3.21. The smallest absolute Gasteiger partial charge is 0.292 e. The molecule has 0 atom stereocenters. The fourth-order valence-electron chi connectivity index (χ4n) is 1.85. The summed E-state index contributed by atoms with van der Waals surface area (Å²) in [7, 11) is 3.38. The Morgan fingerprint density at radius 1 is 1.50 bits per heavy atom. The second-order valence-corrected chi connectivity index (χ2v) is 4.37. The SMILES string of the molecule is COc1ccc([N+](=O)[O-])c(NCc2cnn(C)c2C)c1. The van der Waals surface area contributed by atoms with Gasteiger partial charge in [-0.3, -0.25) is 14.8 Å². The maximum Gasteiger partial charge on any atom is 0.292 e. The predicted octanol–water partition coefficient (Wildman–Crippen LogP) is 2.26. The van der Waals surface area contributed by atoms with Crippen LogP contribution in [-0.2, 0) is 13.6 Å². The number of nitro groups is 1.